The number of fused-ring (bicyclic) bond motifs is 5. The van der Waals surface area contributed by atoms with Gasteiger partial charge in [0.1, 0.15) is 0 Å². The summed E-state index contributed by atoms with van der Waals surface area (Å²) in [7, 11) is 10.7. The van der Waals surface area contributed by atoms with Crippen molar-refractivity contribution in [2.75, 3.05) is 0 Å². The number of hydrogen-bond donors (Lipinski definition) is 0. The van der Waals surface area contributed by atoms with Crippen molar-refractivity contribution in [2.24, 2.45) is 11.8 Å². The Morgan fingerprint density at radius 3 is 1.42 bits per heavy atom. The van der Waals surface area contributed by atoms with Gasteiger partial charge in [-0.3, -0.25) is 0 Å². The van der Waals surface area contributed by atoms with Gasteiger partial charge in [0.2, 0.25) is 0 Å². The van der Waals surface area contributed by atoms with Gasteiger partial charge < -0.3 is 0 Å². The summed E-state index contributed by atoms with van der Waals surface area (Å²) >= 11 is -0.826. The van der Waals surface area contributed by atoms with Crippen molar-refractivity contribution in [2.45, 2.75) is 80.1 Å². The second kappa shape index (κ2) is 21.8. The van der Waals surface area contributed by atoms with Gasteiger partial charge in [-0.05, 0) is 47.6 Å². The van der Waals surface area contributed by atoms with Crippen LogP contribution in [0, 0.1) is 17.9 Å². The summed E-state index contributed by atoms with van der Waals surface area (Å²) in [5.74, 6) is 2.45. The molecule has 0 amide bonds. The fourth-order valence-electron chi connectivity index (χ4n) is 8.44. The minimum absolute atomic E-state index is 0.531. The average molecular weight is 920 g/mol. The second-order valence-electron chi connectivity index (χ2n) is 17.2. The summed E-state index contributed by atoms with van der Waals surface area (Å²) in [6.07, 6.45) is 2.31. The summed E-state index contributed by atoms with van der Waals surface area (Å²) in [5.41, 5.74) is 14.1. The molecule has 2 radical (unpaired) electrons. The zero-order valence-corrected chi connectivity index (χ0v) is 41.4. The van der Waals surface area contributed by atoms with Crippen LogP contribution >= 0.6 is 17.0 Å². The first-order valence-electron chi connectivity index (χ1n) is 21.4. The van der Waals surface area contributed by atoms with Gasteiger partial charge >= 0.3 is 37.9 Å². The normalized spacial score (nSPS) is 11.5. The first kappa shape index (κ1) is 45.7. The van der Waals surface area contributed by atoms with Crippen molar-refractivity contribution in [3.8, 4) is 33.4 Å². The molecule has 0 atom stereocenters. The number of benzene rings is 6. The Labute approximate surface area is 381 Å². The summed E-state index contributed by atoms with van der Waals surface area (Å²) < 4.78 is 0. The predicted octanol–water partition coefficient (Wildman–Crippen LogP) is 15.6. The van der Waals surface area contributed by atoms with Crippen molar-refractivity contribution in [3.63, 3.8) is 0 Å². The van der Waals surface area contributed by atoms with E-state index in [2.05, 4.69) is 207 Å². The quantitative estimate of drug-likeness (QED) is 0.105. The molecule has 1 aliphatic heterocycles. The smallest absolute Gasteiger partial charge is 0.0920 e. The minimum atomic E-state index is -0.826. The van der Waals surface area contributed by atoms with Gasteiger partial charge in [-0.2, -0.15) is 41.6 Å². The molecule has 0 fully saturated rings. The van der Waals surface area contributed by atoms with E-state index < -0.39 is 20.8 Å². The van der Waals surface area contributed by atoms with E-state index in [1.165, 1.54) is 87.6 Å². The van der Waals surface area contributed by atoms with Gasteiger partial charge in [0.05, 0.1) is 9.52 Å². The molecule has 0 saturated heterocycles. The molecular weight excluding hydrogens is 863 g/mol. The van der Waals surface area contributed by atoms with Crippen molar-refractivity contribution in [1.82, 2.24) is 0 Å². The molecule has 0 nitrogen and oxygen atoms in total. The van der Waals surface area contributed by atoms with Crippen LogP contribution in [0.5, 0.6) is 0 Å². The topological polar surface area (TPSA) is 0 Å². The van der Waals surface area contributed by atoms with Crippen LogP contribution in [-0.4, -0.2) is 9.52 Å². The molecule has 0 aliphatic carbocycles. The molecule has 0 saturated carbocycles. The Kier molecular flexibility index (Phi) is 16.6. The molecule has 60 heavy (non-hydrogen) atoms. The molecule has 1 heterocycles. The van der Waals surface area contributed by atoms with E-state index >= 15 is 0 Å². The fraction of sp³-hybridized carbons (Fsp3) is 0.250. The van der Waals surface area contributed by atoms with E-state index in [-0.39, 0.29) is 0 Å². The third-order valence-corrected chi connectivity index (χ3v) is 12.3. The molecule has 8 aromatic rings. The van der Waals surface area contributed by atoms with Gasteiger partial charge in [0.25, 0.3) is 0 Å². The van der Waals surface area contributed by atoms with Gasteiger partial charge in [0, 0.05) is 0 Å². The zero-order chi connectivity index (χ0) is 42.8. The largest absolute Gasteiger partial charge is 0.184 e. The van der Waals surface area contributed by atoms with Crippen molar-refractivity contribution in [3.05, 3.63) is 180 Å². The van der Waals surface area contributed by atoms with E-state index in [9.17, 15) is 0 Å². The van der Waals surface area contributed by atoms with E-state index in [0.717, 1.165) is 22.4 Å². The fourth-order valence-corrected chi connectivity index (χ4v) is 9.75. The molecule has 0 bridgehead atoms. The molecule has 8 aromatic carbocycles. The van der Waals surface area contributed by atoms with Gasteiger partial charge in [-0.15, -0.1) is 74.6 Å². The minimum Gasteiger partial charge on any atom is -0.184 e. The Morgan fingerprint density at radius 1 is 0.533 bits per heavy atom. The molecule has 0 aromatic heterocycles. The van der Waals surface area contributed by atoms with Gasteiger partial charge in [-0.1, -0.05) is 173 Å². The number of hydrogen-bond acceptors (Lipinski definition) is 0. The SMILES string of the molecule is CC(C)Cc1cc2c(-c3ccccc3)c(C(C)C)ccc2[cH-]1.CC(C)Cc1cc2c(-c3ccccc3)c(C(C)C)ccc2[cH-]1.[Cl][Zr][Cl].[c-]1cccc2c1[Si]c1ccccc1-2. The van der Waals surface area contributed by atoms with Crippen LogP contribution < -0.4 is 10.4 Å². The van der Waals surface area contributed by atoms with Crippen molar-refractivity contribution < 1.29 is 20.8 Å². The van der Waals surface area contributed by atoms with E-state index in [0.29, 0.717) is 23.7 Å². The Morgan fingerprint density at radius 2 is 0.967 bits per heavy atom. The Bertz CT molecular complexity index is 2400. The average Bonchev–Trinajstić information content (AvgIpc) is 3.95. The Hall–Kier alpha value is -3.78. The van der Waals surface area contributed by atoms with Crippen LogP contribution in [0.4, 0.5) is 0 Å². The maximum Gasteiger partial charge on any atom is 0.0920 e. The van der Waals surface area contributed by atoms with Gasteiger partial charge in [0.15, 0.2) is 0 Å². The molecule has 9 rings (SSSR count). The summed E-state index contributed by atoms with van der Waals surface area (Å²) in [6.45, 7) is 18.3. The van der Waals surface area contributed by atoms with Crippen molar-refractivity contribution in [1.29, 1.82) is 0 Å². The van der Waals surface area contributed by atoms with Gasteiger partial charge in [-0.25, -0.2) is 0 Å². The maximum atomic E-state index is 4.93. The van der Waals surface area contributed by atoms with Crippen LogP contribution in [0.3, 0.4) is 0 Å². The Balaban J connectivity index is 0.000000150. The zero-order valence-electron chi connectivity index (χ0n) is 36.4. The first-order valence-corrected chi connectivity index (χ1v) is 28.7. The molecular formula is C56H57Cl2SiZr-3. The molecule has 306 valence electrons. The summed E-state index contributed by atoms with van der Waals surface area (Å²) in [4.78, 5) is 0. The number of rotatable bonds is 8. The molecule has 0 N–H and O–H groups in total. The number of halogens is 2. The molecule has 1 aliphatic rings. The molecule has 4 heteroatoms. The summed E-state index contributed by atoms with van der Waals surface area (Å²) in [6, 6.07) is 58.6. The van der Waals surface area contributed by atoms with E-state index in [1.807, 2.05) is 6.07 Å². The van der Waals surface area contributed by atoms with E-state index in [4.69, 9.17) is 17.0 Å². The van der Waals surface area contributed by atoms with Crippen LogP contribution in [0.2, 0.25) is 0 Å². The summed E-state index contributed by atoms with van der Waals surface area (Å²) in [5, 5.41) is 8.39. The van der Waals surface area contributed by atoms with Crippen LogP contribution in [0.25, 0.3) is 54.9 Å². The molecule has 0 spiro atoms. The third-order valence-electron chi connectivity index (χ3n) is 11.0. The van der Waals surface area contributed by atoms with E-state index in [1.54, 1.807) is 0 Å². The molecule has 0 unspecified atom stereocenters. The monoisotopic (exact) mass is 917 g/mol. The third kappa shape index (κ3) is 11.4. The standard InChI is InChI=1S/2C22H25.C12H7Si.2ClH.Zr/c2*1-15(2)12-17-13-19-10-11-20(16(3)4)22(21(19)14-17)18-8-6-5-7-9-18;1-3-7-11-9(5-1)10-6-2-4-8-12(10)13-11;;;/h2*5-11,13-16H,12H2,1-4H3;1-7H;2*1H;/q3*-1;;;+2/p-2. The van der Waals surface area contributed by atoms with Crippen LogP contribution in [0.15, 0.2) is 152 Å². The van der Waals surface area contributed by atoms with Crippen molar-refractivity contribution >= 4 is 58.5 Å². The second-order valence-corrected chi connectivity index (χ2v) is 22.3. The van der Waals surface area contributed by atoms with Crippen LogP contribution in [0.1, 0.15) is 89.5 Å². The van der Waals surface area contributed by atoms with Crippen LogP contribution in [-0.2, 0) is 33.7 Å². The first-order chi connectivity index (χ1) is 29.0. The maximum absolute atomic E-state index is 4.93. The predicted molar refractivity (Wildman–Crippen MR) is 263 cm³/mol.